The second kappa shape index (κ2) is 10.1. The molecule has 0 atom stereocenters. The molecule has 2 aromatic rings. The lowest BCUT2D eigenvalue weighted by molar-refractivity contribution is -0.115. The van der Waals surface area contributed by atoms with Crippen molar-refractivity contribution in [2.24, 2.45) is 0 Å². The van der Waals surface area contributed by atoms with E-state index >= 15 is 0 Å². The predicted molar refractivity (Wildman–Crippen MR) is 135 cm³/mol. The minimum atomic E-state index is -0.154. The van der Waals surface area contributed by atoms with Gasteiger partial charge in [0.25, 0.3) is 0 Å². The molecule has 3 nitrogen and oxygen atoms in total. The fourth-order valence-electron chi connectivity index (χ4n) is 3.70. The first-order chi connectivity index (χ1) is 14.4. The van der Waals surface area contributed by atoms with E-state index in [0.29, 0.717) is 17.9 Å². The first kappa shape index (κ1) is 25.3. The van der Waals surface area contributed by atoms with E-state index in [4.69, 9.17) is 0 Å². The molecule has 0 aliphatic carbocycles. The Labute approximate surface area is 193 Å². The van der Waals surface area contributed by atoms with Gasteiger partial charge in [-0.15, -0.1) is 11.8 Å². The van der Waals surface area contributed by atoms with Gasteiger partial charge in [0.2, 0.25) is 5.91 Å². The van der Waals surface area contributed by atoms with Gasteiger partial charge in [0.1, 0.15) is 5.75 Å². The second-order valence-electron chi connectivity index (χ2n) is 10.2. The van der Waals surface area contributed by atoms with Gasteiger partial charge >= 0.3 is 0 Å². The molecule has 2 aromatic carbocycles. The Bertz CT molecular complexity index is 863. The lowest BCUT2D eigenvalue weighted by atomic mass is 9.79. The molecule has 0 bridgehead atoms. The van der Waals surface area contributed by atoms with Gasteiger partial charge in [0.15, 0.2) is 0 Å². The van der Waals surface area contributed by atoms with Crippen LogP contribution in [0.2, 0.25) is 0 Å². The van der Waals surface area contributed by atoms with Gasteiger partial charge in [0, 0.05) is 33.9 Å². The number of rotatable bonds is 7. The van der Waals surface area contributed by atoms with Crippen molar-refractivity contribution >= 4 is 23.4 Å². The van der Waals surface area contributed by atoms with Crippen LogP contribution < -0.4 is 5.32 Å². The van der Waals surface area contributed by atoms with Gasteiger partial charge in [-0.25, -0.2) is 0 Å². The van der Waals surface area contributed by atoms with E-state index < -0.39 is 0 Å². The lowest BCUT2D eigenvalue weighted by Crippen LogP contribution is -2.17. The molecule has 170 valence electrons. The van der Waals surface area contributed by atoms with Crippen LogP contribution in [0.4, 0.5) is 5.69 Å². The Morgan fingerprint density at radius 2 is 1.42 bits per heavy atom. The van der Waals surface area contributed by atoms with Gasteiger partial charge in [-0.1, -0.05) is 73.6 Å². The number of para-hydroxylation sites is 1. The zero-order valence-electron chi connectivity index (χ0n) is 20.5. The quantitative estimate of drug-likeness (QED) is 0.445. The van der Waals surface area contributed by atoms with Gasteiger partial charge < -0.3 is 10.4 Å². The fraction of sp³-hybridized carbons (Fsp3) is 0.519. The highest BCUT2D eigenvalue weighted by Gasteiger charge is 2.26. The third-order valence-corrected chi connectivity index (χ3v) is 6.54. The molecule has 1 amide bonds. The molecule has 0 unspecified atom stereocenters. The number of nitrogens with one attached hydrogen (secondary N) is 1. The van der Waals surface area contributed by atoms with E-state index in [-0.39, 0.29) is 16.7 Å². The lowest BCUT2D eigenvalue weighted by Gasteiger charge is -2.28. The second-order valence-corrected chi connectivity index (χ2v) is 11.3. The number of anilines is 1. The zero-order chi connectivity index (χ0) is 23.4. The summed E-state index contributed by atoms with van der Waals surface area (Å²) in [5.41, 5.74) is 4.95. The molecule has 0 fully saturated rings. The normalized spacial score (nSPS) is 12.1. The number of benzene rings is 2. The smallest absolute Gasteiger partial charge is 0.225 e. The van der Waals surface area contributed by atoms with Crippen LogP contribution in [0, 0.1) is 0 Å². The highest BCUT2D eigenvalue weighted by Crippen LogP contribution is 2.41. The highest BCUT2D eigenvalue weighted by atomic mass is 32.2. The monoisotopic (exact) mass is 441 g/mol. The summed E-state index contributed by atoms with van der Waals surface area (Å²) in [6.07, 6.45) is 2.25. The molecule has 31 heavy (non-hydrogen) atoms. The zero-order valence-corrected chi connectivity index (χ0v) is 21.3. The van der Waals surface area contributed by atoms with Crippen LogP contribution in [-0.2, 0) is 28.5 Å². The fourth-order valence-corrected chi connectivity index (χ4v) is 4.63. The summed E-state index contributed by atoms with van der Waals surface area (Å²) >= 11 is 1.68. The van der Waals surface area contributed by atoms with Crippen LogP contribution in [0.1, 0.15) is 84.1 Å². The number of hydrogen-bond donors (Lipinski definition) is 2. The van der Waals surface area contributed by atoms with Gasteiger partial charge in [-0.2, -0.15) is 0 Å². The summed E-state index contributed by atoms with van der Waals surface area (Å²) in [6.45, 7) is 16.9. The van der Waals surface area contributed by atoms with Crippen LogP contribution in [-0.4, -0.2) is 16.8 Å². The van der Waals surface area contributed by atoms with Crippen molar-refractivity contribution < 1.29 is 9.90 Å². The third kappa shape index (κ3) is 6.52. The van der Waals surface area contributed by atoms with Crippen LogP contribution >= 0.6 is 11.8 Å². The molecule has 0 aromatic heterocycles. The number of aromatic hydroxyl groups is 1. The standard InChI is InChI=1S/C27H39NO2S/c1-9-18-12-11-13-19(10-2)24(18)28-23(29)14-15-31-20-16-21(26(3,4)5)25(30)22(17-20)27(6,7)8/h11-13,16-17,30H,9-10,14-15H2,1-8H3,(H,28,29). The van der Waals surface area contributed by atoms with E-state index in [0.717, 1.165) is 34.6 Å². The van der Waals surface area contributed by atoms with Crippen LogP contribution in [0.3, 0.4) is 0 Å². The Kier molecular flexibility index (Phi) is 8.27. The maximum atomic E-state index is 12.7. The number of aryl methyl sites for hydroxylation is 2. The number of phenolic OH excluding ortho intramolecular Hbond substituents is 1. The molecule has 0 radical (unpaired) electrons. The maximum absolute atomic E-state index is 12.7. The van der Waals surface area contributed by atoms with E-state index in [1.165, 1.54) is 11.1 Å². The summed E-state index contributed by atoms with van der Waals surface area (Å²) < 4.78 is 0. The van der Waals surface area contributed by atoms with E-state index in [9.17, 15) is 9.90 Å². The summed E-state index contributed by atoms with van der Waals surface area (Å²) in [7, 11) is 0. The van der Waals surface area contributed by atoms with Crippen molar-refractivity contribution in [3.05, 3.63) is 52.6 Å². The van der Waals surface area contributed by atoms with Crippen molar-refractivity contribution in [3.63, 3.8) is 0 Å². The van der Waals surface area contributed by atoms with Crippen molar-refractivity contribution in [1.29, 1.82) is 0 Å². The third-order valence-electron chi connectivity index (χ3n) is 5.56. The Morgan fingerprint density at radius 1 is 0.935 bits per heavy atom. The first-order valence-electron chi connectivity index (χ1n) is 11.3. The molecule has 0 saturated heterocycles. The average molecular weight is 442 g/mol. The number of carbonyl (C=O) groups excluding carboxylic acids is 1. The van der Waals surface area contributed by atoms with Crippen LogP contribution in [0.5, 0.6) is 5.75 Å². The molecule has 0 aliphatic rings. The van der Waals surface area contributed by atoms with Crippen molar-refractivity contribution in [1.82, 2.24) is 0 Å². The van der Waals surface area contributed by atoms with Gasteiger partial charge in [-0.05, 0) is 46.9 Å². The first-order valence-corrected chi connectivity index (χ1v) is 12.3. The molecule has 4 heteroatoms. The van der Waals surface area contributed by atoms with Crippen molar-refractivity contribution in [3.8, 4) is 5.75 Å². The highest BCUT2D eigenvalue weighted by molar-refractivity contribution is 7.99. The molecule has 2 rings (SSSR count). The summed E-state index contributed by atoms with van der Waals surface area (Å²) in [6, 6.07) is 10.4. The predicted octanol–water partition coefficient (Wildman–Crippen LogP) is 7.23. The number of thioether (sulfide) groups is 1. The molecule has 0 aliphatic heterocycles. The van der Waals surface area contributed by atoms with Gasteiger partial charge in [0.05, 0.1) is 0 Å². The molecule has 0 spiro atoms. The molecular formula is C27H39NO2S. The number of hydrogen-bond acceptors (Lipinski definition) is 3. The van der Waals surface area contributed by atoms with Crippen molar-refractivity contribution in [2.75, 3.05) is 11.1 Å². The Hall–Kier alpha value is -1.94. The summed E-state index contributed by atoms with van der Waals surface area (Å²) in [4.78, 5) is 13.8. The van der Waals surface area contributed by atoms with Crippen molar-refractivity contribution in [2.45, 2.75) is 90.4 Å². The summed E-state index contributed by atoms with van der Waals surface area (Å²) in [5, 5.41) is 14.0. The maximum Gasteiger partial charge on any atom is 0.225 e. The Balaban J connectivity index is 2.15. The van der Waals surface area contributed by atoms with E-state index in [2.05, 4.69) is 91.0 Å². The topological polar surface area (TPSA) is 49.3 Å². The van der Waals surface area contributed by atoms with E-state index in [1.807, 2.05) is 0 Å². The average Bonchev–Trinajstić information content (AvgIpc) is 2.67. The van der Waals surface area contributed by atoms with Crippen LogP contribution in [0.15, 0.2) is 35.2 Å². The number of phenols is 1. The van der Waals surface area contributed by atoms with E-state index in [1.54, 1.807) is 11.8 Å². The number of carbonyl (C=O) groups is 1. The Morgan fingerprint density at radius 3 is 1.84 bits per heavy atom. The largest absolute Gasteiger partial charge is 0.507 e. The minimum absolute atomic E-state index is 0.0500. The molecular weight excluding hydrogens is 402 g/mol. The minimum Gasteiger partial charge on any atom is -0.507 e. The van der Waals surface area contributed by atoms with Gasteiger partial charge in [-0.3, -0.25) is 4.79 Å². The number of amides is 1. The SMILES string of the molecule is CCc1cccc(CC)c1NC(=O)CCSc1cc(C(C)(C)C)c(O)c(C(C)(C)C)c1. The molecule has 2 N–H and O–H groups in total. The molecule has 0 saturated carbocycles. The van der Waals surface area contributed by atoms with Crippen LogP contribution in [0.25, 0.3) is 0 Å². The summed E-state index contributed by atoms with van der Waals surface area (Å²) in [5.74, 6) is 1.14. The molecule has 0 heterocycles.